The van der Waals surface area contributed by atoms with Gasteiger partial charge in [0.15, 0.2) is 0 Å². The molecule has 1 aromatic carbocycles. The van der Waals surface area contributed by atoms with Gasteiger partial charge in [-0.05, 0) is 53.4 Å². The Hall–Kier alpha value is -2.43. The molecule has 1 fully saturated rings. The molecule has 1 saturated heterocycles. The highest BCUT2D eigenvalue weighted by Crippen LogP contribution is 2.34. The molecule has 0 aliphatic carbocycles. The molecule has 0 spiro atoms. The standard InChI is InChI=1S/C24H25ClN2O6/c1-12-8-13(14-4-6-26-17(9-14)15-5-7-27-19(25)10-15)2-3-16(12)20(29)24-23(32)22(31)21(30)18(11-28)33-24/h2-10,18,20-24,28-32H,11H2,1H3/t18?,20-,21-,22+,23?,24-/m1/s1. The number of ether oxygens (including phenoxy) is 1. The van der Waals surface area contributed by atoms with Gasteiger partial charge in [0.05, 0.1) is 12.3 Å². The van der Waals surface area contributed by atoms with Crippen molar-refractivity contribution >= 4 is 11.6 Å². The number of pyridine rings is 2. The fourth-order valence-corrected chi connectivity index (χ4v) is 4.26. The van der Waals surface area contributed by atoms with Gasteiger partial charge < -0.3 is 30.3 Å². The van der Waals surface area contributed by atoms with Crippen molar-refractivity contribution < 1.29 is 30.3 Å². The molecule has 0 amide bonds. The first-order chi connectivity index (χ1) is 15.8. The lowest BCUT2D eigenvalue weighted by atomic mass is 9.88. The zero-order chi connectivity index (χ0) is 23.7. The van der Waals surface area contributed by atoms with E-state index in [4.69, 9.17) is 16.3 Å². The van der Waals surface area contributed by atoms with Crippen molar-refractivity contribution in [2.45, 2.75) is 43.5 Å². The van der Waals surface area contributed by atoms with E-state index in [1.54, 1.807) is 24.5 Å². The Balaban J connectivity index is 1.61. The van der Waals surface area contributed by atoms with Gasteiger partial charge in [-0.25, -0.2) is 4.98 Å². The highest BCUT2D eigenvalue weighted by Gasteiger charge is 2.46. The number of halogens is 1. The summed E-state index contributed by atoms with van der Waals surface area (Å²) in [4.78, 5) is 8.40. The highest BCUT2D eigenvalue weighted by molar-refractivity contribution is 6.29. The molecule has 0 radical (unpaired) electrons. The molecule has 8 nitrogen and oxygen atoms in total. The van der Waals surface area contributed by atoms with Crippen LogP contribution in [0.2, 0.25) is 5.15 Å². The van der Waals surface area contributed by atoms with E-state index < -0.39 is 43.2 Å². The molecule has 0 saturated carbocycles. The third-order valence-corrected chi connectivity index (χ3v) is 6.15. The molecule has 33 heavy (non-hydrogen) atoms. The summed E-state index contributed by atoms with van der Waals surface area (Å²) in [5, 5.41) is 51.0. The molecule has 0 bridgehead atoms. The smallest absolute Gasteiger partial charge is 0.129 e. The molecule has 2 aromatic heterocycles. The monoisotopic (exact) mass is 472 g/mol. The van der Waals surface area contributed by atoms with E-state index in [1.165, 1.54) is 0 Å². The number of nitrogens with zero attached hydrogens (tertiary/aromatic N) is 2. The van der Waals surface area contributed by atoms with Crippen LogP contribution in [0, 0.1) is 6.92 Å². The maximum Gasteiger partial charge on any atom is 0.129 e. The van der Waals surface area contributed by atoms with Crippen molar-refractivity contribution in [3.63, 3.8) is 0 Å². The second-order valence-electron chi connectivity index (χ2n) is 8.11. The molecule has 5 N–H and O–H groups in total. The first kappa shape index (κ1) is 23.7. The number of hydrogen-bond donors (Lipinski definition) is 5. The van der Waals surface area contributed by atoms with Crippen LogP contribution in [0.3, 0.4) is 0 Å². The van der Waals surface area contributed by atoms with Crippen molar-refractivity contribution in [2.75, 3.05) is 6.61 Å². The van der Waals surface area contributed by atoms with Gasteiger partial charge in [0.2, 0.25) is 0 Å². The predicted octanol–water partition coefficient (Wildman–Crippen LogP) is 1.65. The first-order valence-corrected chi connectivity index (χ1v) is 10.9. The molecule has 9 heteroatoms. The van der Waals surface area contributed by atoms with Crippen LogP contribution in [0.25, 0.3) is 22.4 Å². The number of rotatable bonds is 5. The Morgan fingerprint density at radius 3 is 2.30 bits per heavy atom. The van der Waals surface area contributed by atoms with Crippen LogP contribution in [-0.2, 0) is 4.74 Å². The number of aromatic nitrogens is 2. The van der Waals surface area contributed by atoms with Crippen LogP contribution in [0.5, 0.6) is 0 Å². The van der Waals surface area contributed by atoms with E-state index in [0.29, 0.717) is 10.7 Å². The number of benzene rings is 1. The van der Waals surface area contributed by atoms with E-state index in [1.807, 2.05) is 37.3 Å². The van der Waals surface area contributed by atoms with E-state index in [0.717, 1.165) is 27.9 Å². The first-order valence-electron chi connectivity index (χ1n) is 10.5. The molecule has 174 valence electrons. The molecule has 3 heterocycles. The molecule has 3 aromatic rings. The minimum Gasteiger partial charge on any atom is -0.394 e. The number of aryl methyl sites for hydroxylation is 1. The highest BCUT2D eigenvalue weighted by atomic mass is 35.5. The van der Waals surface area contributed by atoms with Crippen molar-refractivity contribution in [3.8, 4) is 22.4 Å². The zero-order valence-electron chi connectivity index (χ0n) is 17.8. The number of hydrogen-bond acceptors (Lipinski definition) is 8. The fourth-order valence-electron chi connectivity index (χ4n) is 4.09. The van der Waals surface area contributed by atoms with Crippen molar-refractivity contribution in [1.82, 2.24) is 9.97 Å². The number of aliphatic hydroxyl groups is 5. The van der Waals surface area contributed by atoms with Crippen LogP contribution in [-0.4, -0.2) is 72.6 Å². The van der Waals surface area contributed by atoms with Gasteiger partial charge in [0.1, 0.15) is 41.8 Å². The van der Waals surface area contributed by atoms with Crippen molar-refractivity contribution in [2.24, 2.45) is 0 Å². The second kappa shape index (κ2) is 9.82. The van der Waals surface area contributed by atoms with Crippen LogP contribution in [0.15, 0.2) is 54.9 Å². The van der Waals surface area contributed by atoms with E-state index >= 15 is 0 Å². The Morgan fingerprint density at radius 1 is 0.909 bits per heavy atom. The van der Waals surface area contributed by atoms with Gasteiger partial charge >= 0.3 is 0 Å². The molecule has 6 atom stereocenters. The molecular weight excluding hydrogens is 448 g/mol. The van der Waals surface area contributed by atoms with Crippen LogP contribution < -0.4 is 0 Å². The lowest BCUT2D eigenvalue weighted by molar-refractivity contribution is -0.250. The van der Waals surface area contributed by atoms with Crippen LogP contribution >= 0.6 is 11.6 Å². The van der Waals surface area contributed by atoms with Gasteiger partial charge in [-0.2, -0.15) is 0 Å². The molecule has 1 aliphatic heterocycles. The fraction of sp³-hybridized carbons (Fsp3) is 0.333. The van der Waals surface area contributed by atoms with Crippen LogP contribution in [0.4, 0.5) is 0 Å². The van der Waals surface area contributed by atoms with Gasteiger partial charge in [-0.15, -0.1) is 0 Å². The average Bonchev–Trinajstić information content (AvgIpc) is 2.82. The lowest BCUT2D eigenvalue weighted by Gasteiger charge is -2.42. The Bertz CT molecular complexity index is 1130. The molecule has 2 unspecified atom stereocenters. The summed E-state index contributed by atoms with van der Waals surface area (Å²) >= 11 is 5.99. The Kier molecular flexibility index (Phi) is 7.06. The zero-order valence-corrected chi connectivity index (χ0v) is 18.5. The minimum atomic E-state index is -1.55. The van der Waals surface area contributed by atoms with Gasteiger partial charge in [0, 0.05) is 18.0 Å². The summed E-state index contributed by atoms with van der Waals surface area (Å²) in [7, 11) is 0. The quantitative estimate of drug-likeness (QED) is 0.354. The average molecular weight is 473 g/mol. The van der Waals surface area contributed by atoms with E-state index in [-0.39, 0.29) is 0 Å². The summed E-state index contributed by atoms with van der Waals surface area (Å²) in [5.41, 5.74) is 4.61. The summed E-state index contributed by atoms with van der Waals surface area (Å²) in [6, 6.07) is 12.8. The third kappa shape index (κ3) is 4.78. The van der Waals surface area contributed by atoms with E-state index in [9.17, 15) is 25.5 Å². The maximum atomic E-state index is 10.9. The van der Waals surface area contributed by atoms with E-state index in [2.05, 4.69) is 9.97 Å². The molecular formula is C24H25ClN2O6. The SMILES string of the molecule is Cc1cc(-c2ccnc(-c3ccnc(Cl)c3)c2)ccc1[C@@H](O)[C@H]1OC(CO)[C@@H](O)[C@H](O)C1O. The summed E-state index contributed by atoms with van der Waals surface area (Å²) in [5.74, 6) is 0. The Morgan fingerprint density at radius 2 is 1.61 bits per heavy atom. The maximum absolute atomic E-state index is 10.9. The molecule has 4 rings (SSSR count). The topological polar surface area (TPSA) is 136 Å². The van der Waals surface area contributed by atoms with Crippen molar-refractivity contribution in [3.05, 3.63) is 71.1 Å². The lowest BCUT2D eigenvalue weighted by Crippen LogP contribution is -2.59. The third-order valence-electron chi connectivity index (χ3n) is 5.94. The van der Waals surface area contributed by atoms with Gasteiger partial charge in [0.25, 0.3) is 0 Å². The predicted molar refractivity (Wildman–Crippen MR) is 121 cm³/mol. The summed E-state index contributed by atoms with van der Waals surface area (Å²) in [6.45, 7) is 1.26. The number of aliphatic hydroxyl groups excluding tert-OH is 5. The summed E-state index contributed by atoms with van der Waals surface area (Å²) in [6.07, 6.45) is -4.81. The minimum absolute atomic E-state index is 0.377. The Labute approximate surface area is 195 Å². The van der Waals surface area contributed by atoms with Gasteiger partial charge in [-0.3, -0.25) is 4.98 Å². The van der Waals surface area contributed by atoms with Crippen molar-refractivity contribution in [1.29, 1.82) is 0 Å². The van der Waals surface area contributed by atoms with Crippen LogP contribution in [0.1, 0.15) is 17.2 Å². The molecule has 1 aliphatic rings. The normalized spacial score (nSPS) is 26.2. The summed E-state index contributed by atoms with van der Waals surface area (Å²) < 4.78 is 5.51. The second-order valence-corrected chi connectivity index (χ2v) is 8.49. The largest absolute Gasteiger partial charge is 0.394 e. The van der Waals surface area contributed by atoms with Gasteiger partial charge in [-0.1, -0.05) is 29.8 Å².